The standard InChI is InChI=1S/C21H37N3O2/c1-17(2)22-19(25)16-24-20(26)9-11-21(24)10-6-13-23(14-12-21)15-18-7-4-3-5-8-18/h17-18H,3-16H2,1-2H3,(H,22,25). The van der Waals surface area contributed by atoms with Crippen LogP contribution in [0.5, 0.6) is 0 Å². The van der Waals surface area contributed by atoms with Gasteiger partial charge in [-0.25, -0.2) is 0 Å². The highest BCUT2D eigenvalue weighted by molar-refractivity contribution is 5.87. The van der Waals surface area contributed by atoms with Crippen LogP contribution in [-0.2, 0) is 9.59 Å². The second kappa shape index (κ2) is 8.73. The minimum Gasteiger partial charge on any atom is -0.352 e. The number of nitrogens with one attached hydrogen (secondary N) is 1. The summed E-state index contributed by atoms with van der Waals surface area (Å²) in [4.78, 5) is 29.4. The molecule has 1 aliphatic carbocycles. The monoisotopic (exact) mass is 363 g/mol. The summed E-state index contributed by atoms with van der Waals surface area (Å²) in [5.41, 5.74) is -0.0767. The highest BCUT2D eigenvalue weighted by atomic mass is 16.2. The fourth-order valence-electron chi connectivity index (χ4n) is 5.31. The van der Waals surface area contributed by atoms with Crippen LogP contribution in [0.4, 0.5) is 0 Å². The fourth-order valence-corrected chi connectivity index (χ4v) is 5.31. The molecule has 1 atom stereocenters. The largest absolute Gasteiger partial charge is 0.352 e. The molecule has 1 spiro atoms. The predicted molar refractivity (Wildman–Crippen MR) is 104 cm³/mol. The van der Waals surface area contributed by atoms with Crippen molar-refractivity contribution in [1.29, 1.82) is 0 Å². The van der Waals surface area contributed by atoms with E-state index in [1.165, 1.54) is 38.6 Å². The molecule has 3 fully saturated rings. The van der Waals surface area contributed by atoms with Crippen molar-refractivity contribution in [1.82, 2.24) is 15.1 Å². The molecule has 2 aliphatic heterocycles. The molecule has 3 rings (SSSR count). The number of carbonyl (C=O) groups is 2. The van der Waals surface area contributed by atoms with Gasteiger partial charge in [-0.15, -0.1) is 0 Å². The second-order valence-electron chi connectivity index (χ2n) is 9.08. The molecule has 1 saturated carbocycles. The molecule has 2 amide bonds. The van der Waals surface area contributed by atoms with Crippen LogP contribution in [0.15, 0.2) is 0 Å². The van der Waals surface area contributed by atoms with E-state index in [0.29, 0.717) is 6.42 Å². The van der Waals surface area contributed by atoms with Crippen LogP contribution in [0, 0.1) is 5.92 Å². The Kier molecular flexibility index (Phi) is 6.60. The van der Waals surface area contributed by atoms with Gasteiger partial charge in [0.25, 0.3) is 0 Å². The Balaban J connectivity index is 1.59. The maximum Gasteiger partial charge on any atom is 0.239 e. The van der Waals surface area contributed by atoms with Gasteiger partial charge in [0.05, 0.1) is 0 Å². The average molecular weight is 364 g/mol. The van der Waals surface area contributed by atoms with Crippen LogP contribution >= 0.6 is 0 Å². The molecule has 2 heterocycles. The van der Waals surface area contributed by atoms with Gasteiger partial charge in [-0.3, -0.25) is 9.59 Å². The minimum absolute atomic E-state index is 0.0158. The van der Waals surface area contributed by atoms with Gasteiger partial charge in [0.1, 0.15) is 6.54 Å². The zero-order valence-electron chi connectivity index (χ0n) is 16.8. The summed E-state index contributed by atoms with van der Waals surface area (Å²) in [6.45, 7) is 7.63. The van der Waals surface area contributed by atoms with E-state index in [0.717, 1.165) is 44.7 Å². The quantitative estimate of drug-likeness (QED) is 0.817. The molecule has 0 aromatic carbocycles. The van der Waals surface area contributed by atoms with E-state index < -0.39 is 0 Å². The minimum atomic E-state index is -0.0767. The topological polar surface area (TPSA) is 52.7 Å². The van der Waals surface area contributed by atoms with E-state index in [9.17, 15) is 9.59 Å². The van der Waals surface area contributed by atoms with Gasteiger partial charge < -0.3 is 15.1 Å². The number of hydrogen-bond acceptors (Lipinski definition) is 3. The Morgan fingerprint density at radius 1 is 1.12 bits per heavy atom. The Morgan fingerprint density at radius 2 is 1.88 bits per heavy atom. The van der Waals surface area contributed by atoms with E-state index >= 15 is 0 Å². The van der Waals surface area contributed by atoms with Gasteiger partial charge in [-0.2, -0.15) is 0 Å². The van der Waals surface area contributed by atoms with Crippen LogP contribution < -0.4 is 5.32 Å². The molecule has 5 heteroatoms. The number of rotatable bonds is 5. The van der Waals surface area contributed by atoms with Crippen LogP contribution in [0.3, 0.4) is 0 Å². The van der Waals surface area contributed by atoms with Crippen LogP contribution in [0.25, 0.3) is 0 Å². The molecular formula is C21H37N3O2. The molecule has 5 nitrogen and oxygen atoms in total. The van der Waals surface area contributed by atoms with Crippen LogP contribution in [-0.4, -0.2) is 59.4 Å². The summed E-state index contributed by atoms with van der Waals surface area (Å²) < 4.78 is 0. The third-order valence-corrected chi connectivity index (χ3v) is 6.68. The van der Waals surface area contributed by atoms with Crippen molar-refractivity contribution in [2.24, 2.45) is 5.92 Å². The molecule has 0 aromatic heterocycles. The molecule has 0 bridgehead atoms. The normalized spacial score (nSPS) is 28.7. The first-order chi connectivity index (χ1) is 12.5. The van der Waals surface area contributed by atoms with Crippen LogP contribution in [0.1, 0.15) is 78.1 Å². The maximum atomic E-state index is 12.5. The first-order valence-corrected chi connectivity index (χ1v) is 10.8. The first-order valence-electron chi connectivity index (χ1n) is 10.8. The lowest BCUT2D eigenvalue weighted by atomic mass is 9.87. The third-order valence-electron chi connectivity index (χ3n) is 6.68. The summed E-state index contributed by atoms with van der Waals surface area (Å²) in [5.74, 6) is 1.03. The van der Waals surface area contributed by atoms with Gasteiger partial charge >= 0.3 is 0 Å². The molecule has 3 aliphatic rings. The fraction of sp³-hybridized carbons (Fsp3) is 0.905. The summed E-state index contributed by atoms with van der Waals surface area (Å²) >= 11 is 0. The van der Waals surface area contributed by atoms with E-state index in [-0.39, 0.29) is 29.9 Å². The lowest BCUT2D eigenvalue weighted by Gasteiger charge is -2.38. The Bertz CT molecular complexity index is 501. The first kappa shape index (κ1) is 19.7. The molecule has 0 aromatic rings. The second-order valence-corrected chi connectivity index (χ2v) is 9.08. The summed E-state index contributed by atoms with van der Waals surface area (Å²) in [7, 11) is 0. The Morgan fingerprint density at radius 3 is 2.62 bits per heavy atom. The van der Waals surface area contributed by atoms with E-state index in [2.05, 4.69) is 10.2 Å². The van der Waals surface area contributed by atoms with Gasteiger partial charge in [0, 0.05) is 31.1 Å². The van der Waals surface area contributed by atoms with Gasteiger partial charge in [-0.1, -0.05) is 19.3 Å². The van der Waals surface area contributed by atoms with Crippen molar-refractivity contribution in [3.8, 4) is 0 Å². The van der Waals surface area contributed by atoms with E-state index in [1.807, 2.05) is 18.7 Å². The lowest BCUT2D eigenvalue weighted by molar-refractivity contribution is -0.137. The Labute approximate surface area is 158 Å². The van der Waals surface area contributed by atoms with Crippen molar-refractivity contribution in [3.63, 3.8) is 0 Å². The molecule has 1 N–H and O–H groups in total. The summed E-state index contributed by atoms with van der Waals surface area (Å²) in [5, 5.41) is 2.95. The van der Waals surface area contributed by atoms with Crippen molar-refractivity contribution in [3.05, 3.63) is 0 Å². The molecule has 2 saturated heterocycles. The average Bonchev–Trinajstić information content (AvgIpc) is 2.78. The zero-order valence-corrected chi connectivity index (χ0v) is 16.8. The number of carbonyl (C=O) groups excluding carboxylic acids is 2. The molecule has 0 radical (unpaired) electrons. The lowest BCUT2D eigenvalue weighted by Crippen LogP contribution is -2.51. The highest BCUT2D eigenvalue weighted by Crippen LogP contribution is 2.39. The SMILES string of the molecule is CC(C)NC(=O)CN1C(=O)CCC12CCCN(CC1CCCCC1)CC2. The van der Waals surface area contributed by atoms with Gasteiger partial charge in [0.2, 0.25) is 11.8 Å². The van der Waals surface area contributed by atoms with Crippen molar-refractivity contribution in [2.45, 2.75) is 89.6 Å². The van der Waals surface area contributed by atoms with Crippen molar-refractivity contribution < 1.29 is 9.59 Å². The smallest absolute Gasteiger partial charge is 0.239 e. The highest BCUT2D eigenvalue weighted by Gasteiger charge is 2.46. The predicted octanol–water partition coefficient (Wildman–Crippen LogP) is 2.94. The molecule has 148 valence electrons. The van der Waals surface area contributed by atoms with Crippen LogP contribution in [0.2, 0.25) is 0 Å². The van der Waals surface area contributed by atoms with E-state index in [1.54, 1.807) is 0 Å². The Hall–Kier alpha value is -1.10. The summed E-state index contributed by atoms with van der Waals surface area (Å²) in [6, 6.07) is 0.122. The molecular weight excluding hydrogens is 326 g/mol. The maximum absolute atomic E-state index is 12.5. The van der Waals surface area contributed by atoms with Gasteiger partial charge in [-0.05, 0) is 64.8 Å². The number of nitrogens with zero attached hydrogens (tertiary/aromatic N) is 2. The van der Waals surface area contributed by atoms with Gasteiger partial charge in [0.15, 0.2) is 0 Å². The van der Waals surface area contributed by atoms with Crippen molar-refractivity contribution >= 4 is 11.8 Å². The number of amides is 2. The molecule has 26 heavy (non-hydrogen) atoms. The number of likely N-dealkylation sites (tertiary alicyclic amines) is 2. The summed E-state index contributed by atoms with van der Waals surface area (Å²) in [6.07, 6.45) is 11.7. The van der Waals surface area contributed by atoms with Crippen molar-refractivity contribution in [2.75, 3.05) is 26.2 Å². The molecule has 1 unspecified atom stereocenters. The zero-order chi connectivity index (χ0) is 18.6. The van der Waals surface area contributed by atoms with E-state index in [4.69, 9.17) is 0 Å². The number of hydrogen-bond donors (Lipinski definition) is 1. The third kappa shape index (κ3) is 4.79.